The van der Waals surface area contributed by atoms with Crippen LogP contribution in [-0.4, -0.2) is 32.7 Å². The van der Waals surface area contributed by atoms with Crippen molar-refractivity contribution in [3.8, 4) is 5.75 Å². The summed E-state index contributed by atoms with van der Waals surface area (Å²) in [5.41, 5.74) is -0.132. The van der Waals surface area contributed by atoms with Crippen LogP contribution < -0.4 is 4.74 Å². The second-order valence-corrected chi connectivity index (χ2v) is 9.32. The lowest BCUT2D eigenvalue weighted by molar-refractivity contribution is -0.386. The highest BCUT2D eigenvalue weighted by Crippen LogP contribution is 2.36. The summed E-state index contributed by atoms with van der Waals surface area (Å²) < 4.78 is 36.8. The second kappa shape index (κ2) is 6.94. The van der Waals surface area contributed by atoms with Gasteiger partial charge in [0.15, 0.2) is 5.75 Å². The number of nitro groups is 1. The Hall–Kier alpha value is -2.45. The van der Waals surface area contributed by atoms with Crippen LogP contribution in [0.5, 0.6) is 5.75 Å². The Morgan fingerprint density at radius 3 is 2.48 bits per heavy atom. The molecule has 0 radical (unpaired) electrons. The predicted octanol–water partition coefficient (Wildman–Crippen LogP) is 3.50. The summed E-state index contributed by atoms with van der Waals surface area (Å²) in [6.45, 7) is 6.51. The number of nitro benzene ring substituents is 1. The first-order chi connectivity index (χ1) is 12.6. The molecule has 1 fully saturated rings. The number of rotatable bonds is 6. The van der Waals surface area contributed by atoms with Crippen molar-refractivity contribution in [3.05, 3.63) is 58.1 Å². The summed E-state index contributed by atoms with van der Waals surface area (Å²) in [5, 5.41) is 11.4. The predicted molar refractivity (Wildman–Crippen MR) is 98.9 cm³/mol. The average Bonchev–Trinajstić information content (AvgIpc) is 3.43. The van der Waals surface area contributed by atoms with E-state index in [-0.39, 0.29) is 33.9 Å². The lowest BCUT2D eigenvalue weighted by Gasteiger charge is -2.22. The van der Waals surface area contributed by atoms with Crippen molar-refractivity contribution in [1.82, 2.24) is 0 Å². The smallest absolute Gasteiger partial charge is 0.312 e. The van der Waals surface area contributed by atoms with Crippen LogP contribution in [0.3, 0.4) is 0 Å². The minimum atomic E-state index is -3.93. The van der Waals surface area contributed by atoms with E-state index in [1.165, 1.54) is 18.2 Å². The van der Waals surface area contributed by atoms with E-state index in [4.69, 9.17) is 9.47 Å². The van der Waals surface area contributed by atoms with E-state index in [1.807, 2.05) is 20.8 Å². The Kier molecular flexibility index (Phi) is 4.96. The van der Waals surface area contributed by atoms with Gasteiger partial charge in [-0.25, -0.2) is 8.42 Å². The van der Waals surface area contributed by atoms with Crippen LogP contribution in [0.15, 0.2) is 52.3 Å². The lowest BCUT2D eigenvalue weighted by atomic mass is 9.87. The molecule has 1 aliphatic rings. The third-order valence-corrected chi connectivity index (χ3v) is 6.06. The van der Waals surface area contributed by atoms with Crippen LogP contribution in [0, 0.1) is 10.1 Å². The molecule has 0 aromatic heterocycles. The maximum absolute atomic E-state index is 13.2. The van der Waals surface area contributed by atoms with Crippen LogP contribution in [0.4, 0.5) is 5.69 Å². The summed E-state index contributed by atoms with van der Waals surface area (Å²) >= 11 is 0. The molecule has 3 rings (SSSR count). The van der Waals surface area contributed by atoms with Crippen molar-refractivity contribution in [2.24, 2.45) is 0 Å². The summed E-state index contributed by atoms with van der Waals surface area (Å²) in [5.74, 6) is 0.0264. The summed E-state index contributed by atoms with van der Waals surface area (Å²) in [6.07, 6.45) is -0.0633. The molecule has 1 aliphatic heterocycles. The minimum Gasteiger partial charge on any atom is -0.484 e. The maximum Gasteiger partial charge on any atom is 0.312 e. The zero-order valence-electron chi connectivity index (χ0n) is 15.3. The van der Waals surface area contributed by atoms with Gasteiger partial charge in [0.05, 0.1) is 21.3 Å². The van der Waals surface area contributed by atoms with Crippen molar-refractivity contribution < 1.29 is 22.8 Å². The van der Waals surface area contributed by atoms with Gasteiger partial charge in [0.2, 0.25) is 9.84 Å². The van der Waals surface area contributed by atoms with Crippen molar-refractivity contribution >= 4 is 15.5 Å². The number of nitrogens with zero attached hydrogens (tertiary/aromatic N) is 1. The van der Waals surface area contributed by atoms with Gasteiger partial charge in [-0.1, -0.05) is 39.0 Å². The van der Waals surface area contributed by atoms with Gasteiger partial charge in [-0.15, -0.1) is 0 Å². The summed E-state index contributed by atoms with van der Waals surface area (Å²) in [4.78, 5) is 10.8. The standard InChI is InChI=1S/C19H21NO6S/c1-19(2,3)15-6-4-5-7-18(15)27(23,24)14-8-9-17(16(10-14)20(21)22)26-12-13-11-25-13/h4-10,13H,11-12H2,1-3H3. The summed E-state index contributed by atoms with van der Waals surface area (Å²) in [7, 11) is -3.93. The van der Waals surface area contributed by atoms with Crippen molar-refractivity contribution in [2.75, 3.05) is 13.2 Å². The highest BCUT2D eigenvalue weighted by Gasteiger charge is 2.30. The molecule has 0 amide bonds. The molecule has 1 unspecified atom stereocenters. The SMILES string of the molecule is CC(C)(C)c1ccccc1S(=O)(=O)c1ccc(OCC2CO2)c([N+](=O)[O-])c1. The second-order valence-electron chi connectivity index (χ2n) is 7.40. The highest BCUT2D eigenvalue weighted by atomic mass is 32.2. The fourth-order valence-corrected chi connectivity index (χ4v) is 4.41. The molecule has 1 atom stereocenters. The largest absolute Gasteiger partial charge is 0.484 e. The van der Waals surface area contributed by atoms with Crippen LogP contribution in [0.1, 0.15) is 26.3 Å². The van der Waals surface area contributed by atoms with Gasteiger partial charge in [0.25, 0.3) is 0 Å². The molecule has 2 aromatic carbocycles. The van der Waals surface area contributed by atoms with E-state index in [0.29, 0.717) is 12.2 Å². The number of ether oxygens (including phenoxy) is 2. The maximum atomic E-state index is 13.2. The third-order valence-electron chi connectivity index (χ3n) is 4.25. The molecule has 2 aromatic rings. The van der Waals surface area contributed by atoms with Gasteiger partial charge in [0, 0.05) is 6.07 Å². The fourth-order valence-electron chi connectivity index (χ4n) is 2.72. The van der Waals surface area contributed by atoms with Crippen molar-refractivity contribution in [2.45, 2.75) is 42.1 Å². The van der Waals surface area contributed by atoms with Gasteiger partial charge < -0.3 is 9.47 Å². The fraction of sp³-hybridized carbons (Fsp3) is 0.368. The Morgan fingerprint density at radius 1 is 1.22 bits per heavy atom. The van der Waals surface area contributed by atoms with E-state index in [9.17, 15) is 18.5 Å². The van der Waals surface area contributed by atoms with Gasteiger partial charge in [-0.3, -0.25) is 10.1 Å². The molecule has 0 aliphatic carbocycles. The third kappa shape index (κ3) is 4.12. The van der Waals surface area contributed by atoms with E-state index >= 15 is 0 Å². The van der Waals surface area contributed by atoms with E-state index < -0.39 is 20.2 Å². The van der Waals surface area contributed by atoms with Gasteiger partial charge in [0.1, 0.15) is 12.7 Å². The van der Waals surface area contributed by atoms with E-state index in [0.717, 1.165) is 6.07 Å². The number of benzene rings is 2. The first-order valence-electron chi connectivity index (χ1n) is 8.48. The number of hydrogen-bond acceptors (Lipinski definition) is 6. The molecule has 8 heteroatoms. The average molecular weight is 391 g/mol. The Bertz CT molecular complexity index is 974. The Balaban J connectivity index is 2.05. The van der Waals surface area contributed by atoms with Crippen LogP contribution >= 0.6 is 0 Å². The molecule has 144 valence electrons. The number of hydrogen-bond donors (Lipinski definition) is 0. The van der Waals surface area contributed by atoms with Gasteiger partial charge in [-0.2, -0.15) is 0 Å². The number of epoxide rings is 1. The van der Waals surface area contributed by atoms with Crippen LogP contribution in [-0.2, 0) is 20.0 Å². The molecular weight excluding hydrogens is 370 g/mol. The monoisotopic (exact) mass is 391 g/mol. The summed E-state index contributed by atoms with van der Waals surface area (Å²) in [6, 6.07) is 10.4. The first kappa shape index (κ1) is 19.3. The zero-order chi connectivity index (χ0) is 19.8. The lowest BCUT2D eigenvalue weighted by Crippen LogP contribution is -2.17. The molecule has 7 nitrogen and oxygen atoms in total. The molecule has 0 bridgehead atoms. The molecule has 0 N–H and O–H groups in total. The van der Waals surface area contributed by atoms with E-state index in [2.05, 4.69) is 0 Å². The minimum absolute atomic E-state index is 0.0264. The van der Waals surface area contributed by atoms with Gasteiger partial charge >= 0.3 is 5.69 Å². The molecule has 0 spiro atoms. The Labute approximate surface area is 158 Å². The van der Waals surface area contributed by atoms with Crippen LogP contribution in [0.25, 0.3) is 0 Å². The van der Waals surface area contributed by atoms with Gasteiger partial charge in [-0.05, 0) is 29.2 Å². The topological polar surface area (TPSA) is 99.0 Å². The normalized spacial score (nSPS) is 16.8. The molecule has 27 heavy (non-hydrogen) atoms. The van der Waals surface area contributed by atoms with Crippen molar-refractivity contribution in [3.63, 3.8) is 0 Å². The highest BCUT2D eigenvalue weighted by molar-refractivity contribution is 7.91. The Morgan fingerprint density at radius 2 is 1.89 bits per heavy atom. The van der Waals surface area contributed by atoms with Crippen molar-refractivity contribution in [1.29, 1.82) is 0 Å². The number of sulfone groups is 1. The molecule has 1 heterocycles. The first-order valence-corrected chi connectivity index (χ1v) is 9.96. The molecule has 1 saturated heterocycles. The molecular formula is C19H21NO6S. The zero-order valence-corrected chi connectivity index (χ0v) is 16.2. The van der Waals surface area contributed by atoms with Crippen LogP contribution in [0.2, 0.25) is 0 Å². The quantitative estimate of drug-likeness (QED) is 0.424. The molecule has 0 saturated carbocycles. The van der Waals surface area contributed by atoms with E-state index in [1.54, 1.807) is 18.2 Å².